The van der Waals surface area contributed by atoms with Gasteiger partial charge < -0.3 is 10.1 Å². The number of ether oxygens (including phenoxy) is 1. The summed E-state index contributed by atoms with van der Waals surface area (Å²) < 4.78 is 6.58. The molecule has 4 saturated carbocycles. The highest BCUT2D eigenvalue weighted by atomic mass is 16.5. The summed E-state index contributed by atoms with van der Waals surface area (Å²) in [7, 11) is 0. The van der Waals surface area contributed by atoms with Crippen molar-refractivity contribution < 1.29 is 14.3 Å². The first-order chi connectivity index (χ1) is 14.4. The molecule has 0 aliphatic heterocycles. The van der Waals surface area contributed by atoms with Gasteiger partial charge in [0.25, 0.3) is 11.5 Å². The molecule has 4 bridgehead atoms. The number of fused-ring (bicyclic) bond motifs is 1. The van der Waals surface area contributed by atoms with Crippen LogP contribution in [0.3, 0.4) is 0 Å². The molecule has 1 aromatic carbocycles. The van der Waals surface area contributed by atoms with E-state index >= 15 is 0 Å². The predicted octanol–water partition coefficient (Wildman–Crippen LogP) is 2.41. The Balaban J connectivity index is 1.22. The summed E-state index contributed by atoms with van der Waals surface area (Å²) in [5, 5.41) is 3.68. The zero-order chi connectivity index (χ0) is 20.9. The van der Waals surface area contributed by atoms with Crippen molar-refractivity contribution in [1.29, 1.82) is 0 Å². The van der Waals surface area contributed by atoms with E-state index in [4.69, 9.17) is 4.74 Å². The third kappa shape index (κ3) is 3.50. The maximum absolute atomic E-state index is 12.8. The van der Waals surface area contributed by atoms with Gasteiger partial charge in [0.2, 0.25) is 0 Å². The number of hydrogen-bond donors (Lipinski definition) is 1. The van der Waals surface area contributed by atoms with Crippen LogP contribution in [0.2, 0.25) is 0 Å². The Morgan fingerprint density at radius 2 is 1.80 bits per heavy atom. The van der Waals surface area contributed by atoms with Gasteiger partial charge in [0, 0.05) is 5.54 Å². The number of esters is 1. The molecule has 0 spiro atoms. The second-order valence-corrected chi connectivity index (χ2v) is 9.51. The highest BCUT2D eigenvalue weighted by Crippen LogP contribution is 2.55. The number of para-hydroxylation sites is 1. The van der Waals surface area contributed by atoms with Crippen LogP contribution in [0.1, 0.15) is 45.4 Å². The van der Waals surface area contributed by atoms with Crippen LogP contribution in [0.4, 0.5) is 0 Å². The van der Waals surface area contributed by atoms with Gasteiger partial charge in [0.1, 0.15) is 6.54 Å². The molecule has 1 atom stereocenters. The van der Waals surface area contributed by atoms with Crippen molar-refractivity contribution >= 4 is 22.8 Å². The lowest BCUT2D eigenvalue weighted by molar-refractivity contribution is -0.157. The standard InChI is InChI=1S/C23H27N3O4/c1-14(21(28)25-23-9-15-6-16(10-23)8-17(7-15)11-23)30-20(27)12-26-13-24-19-5-3-2-4-18(19)22(26)29/h2-5,13-17H,6-12H2,1H3,(H,25,28)/t14-,15?,16?,17?,23?/m0/s1. The number of amides is 1. The van der Waals surface area contributed by atoms with Gasteiger partial charge in [-0.25, -0.2) is 4.98 Å². The summed E-state index contributed by atoms with van der Waals surface area (Å²) in [4.78, 5) is 41.9. The number of hydrogen-bond acceptors (Lipinski definition) is 5. The van der Waals surface area contributed by atoms with Crippen LogP contribution in [-0.4, -0.2) is 33.1 Å². The van der Waals surface area contributed by atoms with Crippen LogP contribution in [-0.2, 0) is 20.9 Å². The van der Waals surface area contributed by atoms with E-state index in [1.807, 2.05) is 0 Å². The van der Waals surface area contributed by atoms with E-state index in [0.29, 0.717) is 10.9 Å². The zero-order valence-corrected chi connectivity index (χ0v) is 17.2. The van der Waals surface area contributed by atoms with Crippen molar-refractivity contribution in [2.45, 2.75) is 63.6 Å². The Labute approximate surface area is 174 Å². The summed E-state index contributed by atoms with van der Waals surface area (Å²) in [5.74, 6) is 1.31. The van der Waals surface area contributed by atoms with E-state index in [1.165, 1.54) is 30.2 Å². The van der Waals surface area contributed by atoms with E-state index in [9.17, 15) is 14.4 Å². The minimum absolute atomic E-state index is 0.119. The first-order valence-electron chi connectivity index (χ1n) is 10.9. The summed E-state index contributed by atoms with van der Waals surface area (Å²) >= 11 is 0. The third-order valence-corrected chi connectivity index (χ3v) is 7.14. The number of carbonyl (C=O) groups is 2. The van der Waals surface area contributed by atoms with E-state index < -0.39 is 12.1 Å². The molecule has 6 rings (SSSR count). The molecule has 30 heavy (non-hydrogen) atoms. The van der Waals surface area contributed by atoms with E-state index in [0.717, 1.165) is 37.0 Å². The number of rotatable bonds is 5. The minimum Gasteiger partial charge on any atom is -0.451 e. The second kappa shape index (κ2) is 7.22. The molecule has 0 unspecified atom stereocenters. The SMILES string of the molecule is C[C@H](OC(=O)Cn1cnc2ccccc2c1=O)C(=O)NC12CC3CC(CC(C3)C1)C2. The van der Waals surface area contributed by atoms with Crippen LogP contribution < -0.4 is 10.9 Å². The van der Waals surface area contributed by atoms with Crippen molar-refractivity contribution in [3.05, 3.63) is 40.9 Å². The van der Waals surface area contributed by atoms with Gasteiger partial charge in [-0.2, -0.15) is 0 Å². The fraction of sp³-hybridized carbons (Fsp3) is 0.565. The molecule has 2 aromatic rings. The summed E-state index contributed by atoms with van der Waals surface area (Å²) in [6.45, 7) is 1.32. The van der Waals surface area contributed by atoms with Crippen LogP contribution in [0, 0.1) is 17.8 Å². The maximum Gasteiger partial charge on any atom is 0.326 e. The van der Waals surface area contributed by atoms with Crippen LogP contribution >= 0.6 is 0 Å². The van der Waals surface area contributed by atoms with Crippen molar-refractivity contribution in [3.8, 4) is 0 Å². The minimum atomic E-state index is -0.894. The number of benzene rings is 1. The normalized spacial score (nSPS) is 30.2. The van der Waals surface area contributed by atoms with Crippen LogP contribution in [0.5, 0.6) is 0 Å². The summed E-state index contributed by atoms with van der Waals surface area (Å²) in [6, 6.07) is 6.98. The largest absolute Gasteiger partial charge is 0.451 e. The average Bonchev–Trinajstić information content (AvgIpc) is 2.69. The van der Waals surface area contributed by atoms with Crippen molar-refractivity contribution in [1.82, 2.24) is 14.9 Å². The monoisotopic (exact) mass is 409 g/mol. The molecule has 1 amide bonds. The zero-order valence-electron chi connectivity index (χ0n) is 17.2. The second-order valence-electron chi connectivity index (χ2n) is 9.51. The molecule has 4 aliphatic rings. The van der Waals surface area contributed by atoms with Crippen LogP contribution in [0.15, 0.2) is 35.4 Å². The maximum atomic E-state index is 12.8. The molecule has 158 valence electrons. The molecule has 0 radical (unpaired) electrons. The first kappa shape index (κ1) is 19.3. The van der Waals surface area contributed by atoms with Gasteiger partial charge in [-0.1, -0.05) is 12.1 Å². The fourth-order valence-electron chi connectivity index (χ4n) is 6.27. The van der Waals surface area contributed by atoms with E-state index in [1.54, 1.807) is 31.2 Å². The third-order valence-electron chi connectivity index (χ3n) is 7.14. The predicted molar refractivity (Wildman–Crippen MR) is 111 cm³/mol. The van der Waals surface area contributed by atoms with E-state index in [-0.39, 0.29) is 23.6 Å². The quantitative estimate of drug-likeness (QED) is 0.766. The van der Waals surface area contributed by atoms with Crippen molar-refractivity contribution in [3.63, 3.8) is 0 Å². The molecule has 4 aliphatic carbocycles. The van der Waals surface area contributed by atoms with Gasteiger partial charge in [-0.3, -0.25) is 19.0 Å². The van der Waals surface area contributed by atoms with Gasteiger partial charge >= 0.3 is 5.97 Å². The lowest BCUT2D eigenvalue weighted by atomic mass is 9.53. The van der Waals surface area contributed by atoms with Gasteiger partial charge in [0.15, 0.2) is 6.10 Å². The van der Waals surface area contributed by atoms with Crippen LogP contribution in [0.25, 0.3) is 10.9 Å². The van der Waals surface area contributed by atoms with E-state index in [2.05, 4.69) is 10.3 Å². The van der Waals surface area contributed by atoms with Crippen molar-refractivity contribution in [2.75, 3.05) is 0 Å². The molecule has 0 saturated heterocycles. The number of nitrogens with one attached hydrogen (secondary N) is 1. The molecule has 1 aromatic heterocycles. The topological polar surface area (TPSA) is 90.3 Å². The lowest BCUT2D eigenvalue weighted by Gasteiger charge is -2.57. The van der Waals surface area contributed by atoms with Gasteiger partial charge in [0.05, 0.1) is 17.2 Å². The van der Waals surface area contributed by atoms with Gasteiger partial charge in [-0.05, 0) is 75.3 Å². The highest BCUT2D eigenvalue weighted by molar-refractivity contribution is 5.84. The summed E-state index contributed by atoms with van der Waals surface area (Å²) in [6.07, 6.45) is 7.48. The molecular weight excluding hydrogens is 382 g/mol. The Morgan fingerprint density at radius 1 is 1.17 bits per heavy atom. The smallest absolute Gasteiger partial charge is 0.326 e. The molecule has 7 nitrogen and oxygen atoms in total. The summed E-state index contributed by atoms with van der Waals surface area (Å²) in [5.41, 5.74) is 0.157. The molecule has 4 fully saturated rings. The Bertz CT molecular complexity index is 1020. The highest BCUT2D eigenvalue weighted by Gasteiger charge is 2.51. The fourth-order valence-corrected chi connectivity index (χ4v) is 6.27. The average molecular weight is 409 g/mol. The number of aromatic nitrogens is 2. The lowest BCUT2D eigenvalue weighted by Crippen LogP contribution is -2.61. The molecular formula is C23H27N3O4. The Kier molecular flexibility index (Phi) is 4.64. The first-order valence-corrected chi connectivity index (χ1v) is 10.9. The van der Waals surface area contributed by atoms with Crippen molar-refractivity contribution in [2.24, 2.45) is 17.8 Å². The number of carbonyl (C=O) groups excluding carboxylic acids is 2. The molecule has 1 heterocycles. The molecule has 1 N–H and O–H groups in total. The number of nitrogens with zero attached hydrogens (tertiary/aromatic N) is 2. The van der Waals surface area contributed by atoms with Gasteiger partial charge in [-0.15, -0.1) is 0 Å². The Morgan fingerprint density at radius 3 is 2.47 bits per heavy atom. The molecule has 7 heteroatoms. The Hall–Kier alpha value is -2.70.